The number of amides is 1. The van der Waals surface area contributed by atoms with E-state index in [1.54, 1.807) is 6.20 Å². The standard InChI is InChI=1S/C15H18BrN3O/c1-2-9-19-11-12(16)10-14(19)15(20)18-8-6-13-5-3-4-7-17-13/h3-5,7,10-11H,2,6,8-9H2,1H3,(H,18,20). The predicted octanol–water partition coefficient (Wildman–Crippen LogP) is 3.03. The van der Waals surface area contributed by atoms with Crippen LogP contribution in [0.15, 0.2) is 41.1 Å². The van der Waals surface area contributed by atoms with Crippen LogP contribution in [0.3, 0.4) is 0 Å². The van der Waals surface area contributed by atoms with Crippen molar-refractivity contribution in [1.29, 1.82) is 0 Å². The van der Waals surface area contributed by atoms with Crippen molar-refractivity contribution in [3.8, 4) is 0 Å². The average Bonchev–Trinajstić information content (AvgIpc) is 2.81. The molecular weight excluding hydrogens is 318 g/mol. The van der Waals surface area contributed by atoms with Gasteiger partial charge in [0.05, 0.1) is 0 Å². The van der Waals surface area contributed by atoms with Crippen LogP contribution < -0.4 is 5.32 Å². The lowest BCUT2D eigenvalue weighted by molar-refractivity contribution is 0.0944. The van der Waals surface area contributed by atoms with Crippen LogP contribution in [0.25, 0.3) is 0 Å². The molecule has 106 valence electrons. The molecule has 0 aromatic carbocycles. The van der Waals surface area contributed by atoms with Gasteiger partial charge in [-0.2, -0.15) is 0 Å². The summed E-state index contributed by atoms with van der Waals surface area (Å²) in [7, 11) is 0. The topological polar surface area (TPSA) is 46.9 Å². The van der Waals surface area contributed by atoms with E-state index in [9.17, 15) is 4.79 Å². The van der Waals surface area contributed by atoms with E-state index in [1.807, 2.05) is 35.0 Å². The maximum atomic E-state index is 12.2. The first-order chi connectivity index (χ1) is 9.70. The molecule has 2 aromatic rings. The predicted molar refractivity (Wildman–Crippen MR) is 82.7 cm³/mol. The highest BCUT2D eigenvalue weighted by Crippen LogP contribution is 2.15. The summed E-state index contributed by atoms with van der Waals surface area (Å²) < 4.78 is 2.90. The molecule has 1 amide bonds. The summed E-state index contributed by atoms with van der Waals surface area (Å²) in [6.07, 6.45) is 5.44. The van der Waals surface area contributed by atoms with Crippen LogP contribution >= 0.6 is 15.9 Å². The molecule has 2 aromatic heterocycles. The zero-order valence-electron chi connectivity index (χ0n) is 11.5. The van der Waals surface area contributed by atoms with E-state index in [-0.39, 0.29) is 5.91 Å². The van der Waals surface area contributed by atoms with Gasteiger partial charge in [-0.25, -0.2) is 0 Å². The molecule has 0 spiro atoms. The van der Waals surface area contributed by atoms with Crippen LogP contribution in [-0.2, 0) is 13.0 Å². The van der Waals surface area contributed by atoms with E-state index < -0.39 is 0 Å². The smallest absolute Gasteiger partial charge is 0.267 e. The number of carbonyl (C=O) groups is 1. The number of hydrogen-bond acceptors (Lipinski definition) is 2. The molecule has 0 saturated carbocycles. The third-order valence-electron chi connectivity index (χ3n) is 2.95. The van der Waals surface area contributed by atoms with Crippen molar-refractivity contribution >= 4 is 21.8 Å². The first kappa shape index (κ1) is 14.8. The molecule has 2 rings (SSSR count). The van der Waals surface area contributed by atoms with Crippen molar-refractivity contribution in [3.05, 3.63) is 52.5 Å². The normalized spacial score (nSPS) is 10.5. The molecule has 2 heterocycles. The minimum atomic E-state index is -0.0416. The lowest BCUT2D eigenvalue weighted by atomic mass is 10.2. The Morgan fingerprint density at radius 3 is 3.00 bits per heavy atom. The van der Waals surface area contributed by atoms with Gasteiger partial charge in [0, 0.05) is 42.1 Å². The summed E-state index contributed by atoms with van der Waals surface area (Å²) >= 11 is 3.42. The summed E-state index contributed by atoms with van der Waals surface area (Å²) in [5.74, 6) is -0.0416. The highest BCUT2D eigenvalue weighted by Gasteiger charge is 2.12. The monoisotopic (exact) mass is 335 g/mol. The average molecular weight is 336 g/mol. The summed E-state index contributed by atoms with van der Waals surface area (Å²) in [6.45, 7) is 3.52. The Balaban J connectivity index is 1.91. The molecule has 0 radical (unpaired) electrons. The Morgan fingerprint density at radius 1 is 1.45 bits per heavy atom. The van der Waals surface area contributed by atoms with Crippen LogP contribution in [0.1, 0.15) is 29.5 Å². The number of carbonyl (C=O) groups excluding carboxylic acids is 1. The molecule has 4 nitrogen and oxygen atoms in total. The second-order valence-electron chi connectivity index (χ2n) is 4.56. The Bertz CT molecular complexity index is 566. The summed E-state index contributed by atoms with van der Waals surface area (Å²) in [5, 5.41) is 2.94. The van der Waals surface area contributed by atoms with Crippen molar-refractivity contribution in [3.63, 3.8) is 0 Å². The third kappa shape index (κ3) is 3.93. The van der Waals surface area contributed by atoms with Crippen LogP contribution in [-0.4, -0.2) is 22.0 Å². The Hall–Kier alpha value is -1.62. The Kier molecular flexibility index (Phi) is 5.35. The van der Waals surface area contributed by atoms with E-state index >= 15 is 0 Å². The fraction of sp³-hybridized carbons (Fsp3) is 0.333. The fourth-order valence-electron chi connectivity index (χ4n) is 2.03. The van der Waals surface area contributed by atoms with Crippen molar-refractivity contribution in [2.45, 2.75) is 26.3 Å². The number of halogens is 1. The van der Waals surface area contributed by atoms with Gasteiger partial charge in [-0.05, 0) is 40.5 Å². The van der Waals surface area contributed by atoms with Gasteiger partial charge in [-0.15, -0.1) is 0 Å². The lowest BCUT2D eigenvalue weighted by Crippen LogP contribution is -2.28. The second-order valence-corrected chi connectivity index (χ2v) is 5.48. The van der Waals surface area contributed by atoms with Gasteiger partial charge in [0.2, 0.25) is 0 Å². The molecule has 0 unspecified atom stereocenters. The SMILES string of the molecule is CCCn1cc(Br)cc1C(=O)NCCc1ccccn1. The Morgan fingerprint density at radius 2 is 2.30 bits per heavy atom. The summed E-state index contributed by atoms with van der Waals surface area (Å²) in [4.78, 5) is 16.4. The third-order valence-corrected chi connectivity index (χ3v) is 3.39. The van der Waals surface area contributed by atoms with Crippen LogP contribution in [0.2, 0.25) is 0 Å². The number of hydrogen-bond donors (Lipinski definition) is 1. The van der Waals surface area contributed by atoms with Gasteiger partial charge < -0.3 is 9.88 Å². The molecular formula is C15H18BrN3O. The van der Waals surface area contributed by atoms with Gasteiger partial charge in [0.25, 0.3) is 5.91 Å². The first-order valence-electron chi connectivity index (χ1n) is 6.74. The number of nitrogens with one attached hydrogen (secondary N) is 1. The fourth-order valence-corrected chi connectivity index (χ4v) is 2.50. The quantitative estimate of drug-likeness (QED) is 0.881. The van der Waals surface area contributed by atoms with E-state index in [1.165, 1.54) is 0 Å². The van der Waals surface area contributed by atoms with Gasteiger partial charge in [-0.3, -0.25) is 9.78 Å². The minimum absolute atomic E-state index is 0.0416. The van der Waals surface area contributed by atoms with Gasteiger partial charge in [-0.1, -0.05) is 13.0 Å². The first-order valence-corrected chi connectivity index (χ1v) is 7.53. The molecule has 0 saturated heterocycles. The maximum absolute atomic E-state index is 12.2. The van der Waals surface area contributed by atoms with Crippen molar-refractivity contribution in [1.82, 2.24) is 14.9 Å². The van der Waals surface area contributed by atoms with Gasteiger partial charge in [0.1, 0.15) is 5.69 Å². The summed E-state index contributed by atoms with van der Waals surface area (Å²) in [5.41, 5.74) is 1.68. The van der Waals surface area contributed by atoms with Crippen molar-refractivity contribution in [2.75, 3.05) is 6.54 Å². The number of aromatic nitrogens is 2. The highest BCUT2D eigenvalue weighted by atomic mass is 79.9. The number of rotatable bonds is 6. The van der Waals surface area contributed by atoms with Crippen LogP contribution in [0.5, 0.6) is 0 Å². The molecule has 0 bridgehead atoms. The molecule has 5 heteroatoms. The zero-order chi connectivity index (χ0) is 14.4. The van der Waals surface area contributed by atoms with Crippen LogP contribution in [0.4, 0.5) is 0 Å². The minimum Gasteiger partial charge on any atom is -0.350 e. The molecule has 0 aliphatic heterocycles. The second kappa shape index (κ2) is 7.24. The van der Waals surface area contributed by atoms with E-state index in [4.69, 9.17) is 0 Å². The largest absolute Gasteiger partial charge is 0.350 e. The zero-order valence-corrected chi connectivity index (χ0v) is 13.1. The lowest BCUT2D eigenvalue weighted by Gasteiger charge is -2.08. The molecule has 1 N–H and O–H groups in total. The molecule has 0 fully saturated rings. The molecule has 0 aliphatic carbocycles. The van der Waals surface area contributed by atoms with E-state index in [0.29, 0.717) is 12.2 Å². The van der Waals surface area contributed by atoms with E-state index in [2.05, 4.69) is 33.2 Å². The van der Waals surface area contributed by atoms with Crippen molar-refractivity contribution in [2.24, 2.45) is 0 Å². The van der Waals surface area contributed by atoms with Gasteiger partial charge in [0.15, 0.2) is 0 Å². The molecule has 0 aliphatic rings. The molecule has 20 heavy (non-hydrogen) atoms. The van der Waals surface area contributed by atoms with Gasteiger partial charge >= 0.3 is 0 Å². The van der Waals surface area contributed by atoms with Crippen molar-refractivity contribution < 1.29 is 4.79 Å². The maximum Gasteiger partial charge on any atom is 0.267 e. The Labute approximate surface area is 127 Å². The highest BCUT2D eigenvalue weighted by molar-refractivity contribution is 9.10. The number of pyridine rings is 1. The number of aryl methyl sites for hydroxylation is 1. The van der Waals surface area contributed by atoms with E-state index in [0.717, 1.165) is 29.6 Å². The number of nitrogens with zero attached hydrogens (tertiary/aromatic N) is 2. The summed E-state index contributed by atoms with van der Waals surface area (Å²) in [6, 6.07) is 7.65. The van der Waals surface area contributed by atoms with Crippen LogP contribution in [0, 0.1) is 0 Å². The molecule has 0 atom stereocenters.